The van der Waals surface area contributed by atoms with E-state index in [9.17, 15) is 0 Å². The lowest BCUT2D eigenvalue weighted by Crippen LogP contribution is -1.98. The molecule has 0 radical (unpaired) electrons. The van der Waals surface area contributed by atoms with Gasteiger partial charge in [0.2, 0.25) is 0 Å². The van der Waals surface area contributed by atoms with E-state index >= 15 is 0 Å². The molecule has 0 amide bonds. The quantitative estimate of drug-likeness (QED) is 0.864. The van der Waals surface area contributed by atoms with Crippen molar-refractivity contribution in [1.82, 2.24) is 4.98 Å². The van der Waals surface area contributed by atoms with Crippen molar-refractivity contribution in [2.24, 2.45) is 0 Å². The predicted octanol–water partition coefficient (Wildman–Crippen LogP) is 4.02. The van der Waals surface area contributed by atoms with E-state index in [0.29, 0.717) is 27.2 Å². The lowest BCUT2D eigenvalue weighted by molar-refractivity contribution is 1.33. The minimum atomic E-state index is 0.417. The molecule has 0 saturated heterocycles. The summed E-state index contributed by atoms with van der Waals surface area (Å²) < 4.78 is 0. The highest BCUT2D eigenvalue weighted by Crippen LogP contribution is 2.32. The maximum Gasteiger partial charge on any atom is 0.147 e. The van der Waals surface area contributed by atoms with Gasteiger partial charge in [0.05, 0.1) is 16.4 Å². The van der Waals surface area contributed by atoms with Crippen LogP contribution in [0.25, 0.3) is 0 Å². The zero-order valence-corrected chi connectivity index (χ0v) is 10.7. The zero-order valence-electron chi connectivity index (χ0n) is 9.17. The van der Waals surface area contributed by atoms with Crippen molar-refractivity contribution in [2.45, 2.75) is 6.92 Å². The van der Waals surface area contributed by atoms with E-state index in [1.807, 2.05) is 13.0 Å². The molecule has 88 valence electrons. The third-order valence-corrected chi connectivity index (χ3v) is 3.08. The van der Waals surface area contributed by atoms with Gasteiger partial charge in [-0.05, 0) is 36.8 Å². The molecular formula is C12H11Cl2N3. The molecule has 0 fully saturated rings. The van der Waals surface area contributed by atoms with Crippen LogP contribution in [0, 0.1) is 6.92 Å². The van der Waals surface area contributed by atoms with Gasteiger partial charge < -0.3 is 11.1 Å². The second-order valence-electron chi connectivity index (χ2n) is 3.64. The van der Waals surface area contributed by atoms with Crippen molar-refractivity contribution in [2.75, 3.05) is 11.1 Å². The van der Waals surface area contributed by atoms with Gasteiger partial charge in [-0.1, -0.05) is 23.2 Å². The first kappa shape index (κ1) is 12.0. The van der Waals surface area contributed by atoms with Gasteiger partial charge in [0, 0.05) is 11.2 Å². The van der Waals surface area contributed by atoms with E-state index in [1.165, 1.54) is 0 Å². The van der Waals surface area contributed by atoms with Crippen molar-refractivity contribution in [1.29, 1.82) is 0 Å². The molecule has 1 heterocycles. The number of aryl methyl sites for hydroxylation is 1. The third-order valence-electron chi connectivity index (χ3n) is 2.36. The van der Waals surface area contributed by atoms with Crippen molar-refractivity contribution in [3.05, 3.63) is 46.1 Å². The summed E-state index contributed by atoms with van der Waals surface area (Å²) in [6.45, 7) is 1.90. The number of pyridine rings is 1. The maximum absolute atomic E-state index is 6.12. The molecule has 0 aliphatic rings. The van der Waals surface area contributed by atoms with Gasteiger partial charge in [0.1, 0.15) is 5.82 Å². The van der Waals surface area contributed by atoms with Crippen LogP contribution < -0.4 is 11.1 Å². The molecular weight excluding hydrogens is 257 g/mol. The average Bonchev–Trinajstić information content (AvgIpc) is 2.29. The molecule has 0 aliphatic carbocycles. The molecule has 0 bridgehead atoms. The summed E-state index contributed by atoms with van der Waals surface area (Å²) in [6.07, 6.45) is 1.63. The molecule has 1 aromatic heterocycles. The lowest BCUT2D eigenvalue weighted by atomic mass is 10.2. The fourth-order valence-corrected chi connectivity index (χ4v) is 1.84. The van der Waals surface area contributed by atoms with Crippen molar-refractivity contribution >= 4 is 40.4 Å². The highest BCUT2D eigenvalue weighted by molar-refractivity contribution is 6.35. The lowest BCUT2D eigenvalue weighted by Gasteiger charge is -2.11. The smallest absolute Gasteiger partial charge is 0.147 e. The van der Waals surface area contributed by atoms with Crippen LogP contribution in [-0.4, -0.2) is 4.98 Å². The summed E-state index contributed by atoms with van der Waals surface area (Å²) >= 11 is 12.2. The van der Waals surface area contributed by atoms with Crippen LogP contribution in [0.15, 0.2) is 30.5 Å². The first-order valence-electron chi connectivity index (χ1n) is 5.01. The molecule has 5 heteroatoms. The van der Waals surface area contributed by atoms with E-state index in [1.54, 1.807) is 24.4 Å². The standard InChI is InChI=1S/C12H11Cl2N3/c1-7-5-9(14)11(6-8(7)13)17-10-3-2-4-16-12(10)15/h2-6,17H,1H3,(H2,15,16). The van der Waals surface area contributed by atoms with Gasteiger partial charge in [-0.15, -0.1) is 0 Å². The van der Waals surface area contributed by atoms with Crippen LogP contribution in [0.2, 0.25) is 10.0 Å². The highest BCUT2D eigenvalue weighted by Gasteiger charge is 2.06. The third kappa shape index (κ3) is 2.62. The fourth-order valence-electron chi connectivity index (χ4n) is 1.41. The van der Waals surface area contributed by atoms with Crippen LogP contribution >= 0.6 is 23.2 Å². The van der Waals surface area contributed by atoms with Gasteiger partial charge in [0.15, 0.2) is 0 Å². The predicted molar refractivity (Wildman–Crippen MR) is 73.1 cm³/mol. The monoisotopic (exact) mass is 267 g/mol. The number of anilines is 3. The Balaban J connectivity index is 2.37. The number of hydrogen-bond donors (Lipinski definition) is 2. The van der Waals surface area contributed by atoms with E-state index in [2.05, 4.69) is 10.3 Å². The van der Waals surface area contributed by atoms with E-state index in [4.69, 9.17) is 28.9 Å². The molecule has 0 spiro atoms. The number of hydrogen-bond acceptors (Lipinski definition) is 3. The summed E-state index contributed by atoms with van der Waals surface area (Å²) in [4.78, 5) is 3.98. The number of nitrogens with two attached hydrogens (primary N) is 1. The Hall–Kier alpha value is -1.45. The van der Waals surface area contributed by atoms with Gasteiger partial charge in [-0.3, -0.25) is 0 Å². The highest BCUT2D eigenvalue weighted by atomic mass is 35.5. The molecule has 0 atom stereocenters. The summed E-state index contributed by atoms with van der Waals surface area (Å²) in [5, 5.41) is 4.35. The first-order valence-corrected chi connectivity index (χ1v) is 5.76. The molecule has 1 aromatic carbocycles. The van der Waals surface area contributed by atoms with E-state index < -0.39 is 0 Å². The molecule has 3 N–H and O–H groups in total. The van der Waals surface area contributed by atoms with Gasteiger partial charge >= 0.3 is 0 Å². The topological polar surface area (TPSA) is 50.9 Å². The summed E-state index contributed by atoms with van der Waals surface area (Å²) in [5.41, 5.74) is 8.08. The summed E-state index contributed by atoms with van der Waals surface area (Å²) in [7, 11) is 0. The van der Waals surface area contributed by atoms with Crippen molar-refractivity contribution in [3.8, 4) is 0 Å². The zero-order chi connectivity index (χ0) is 12.4. The number of nitrogens with one attached hydrogen (secondary N) is 1. The van der Waals surface area contributed by atoms with Crippen molar-refractivity contribution in [3.63, 3.8) is 0 Å². The normalized spacial score (nSPS) is 10.3. The number of rotatable bonds is 2. The molecule has 2 aromatic rings. The molecule has 17 heavy (non-hydrogen) atoms. The fraction of sp³-hybridized carbons (Fsp3) is 0.0833. The Labute approximate surface area is 110 Å². The largest absolute Gasteiger partial charge is 0.382 e. The maximum atomic E-state index is 6.12. The molecule has 0 saturated carbocycles. The van der Waals surface area contributed by atoms with Crippen LogP contribution in [0.4, 0.5) is 17.2 Å². The molecule has 3 nitrogen and oxygen atoms in total. The van der Waals surface area contributed by atoms with Crippen LogP contribution in [0.3, 0.4) is 0 Å². The Bertz CT molecular complexity index is 555. The van der Waals surface area contributed by atoms with Crippen LogP contribution in [0.1, 0.15) is 5.56 Å². The van der Waals surface area contributed by atoms with Gasteiger partial charge in [0.25, 0.3) is 0 Å². The Morgan fingerprint density at radius 1 is 1.18 bits per heavy atom. The van der Waals surface area contributed by atoms with Crippen molar-refractivity contribution < 1.29 is 0 Å². The molecule has 0 aliphatic heterocycles. The molecule has 2 rings (SSSR count). The van der Waals surface area contributed by atoms with E-state index in [0.717, 1.165) is 5.56 Å². The number of nitrogen functional groups attached to an aromatic ring is 1. The average molecular weight is 268 g/mol. The minimum Gasteiger partial charge on any atom is -0.382 e. The second kappa shape index (κ2) is 4.82. The number of halogens is 2. The first-order chi connectivity index (χ1) is 8.08. The van der Waals surface area contributed by atoms with Gasteiger partial charge in [-0.25, -0.2) is 4.98 Å². The number of aromatic nitrogens is 1. The summed E-state index contributed by atoms with van der Waals surface area (Å²) in [5.74, 6) is 0.417. The Kier molecular flexibility index (Phi) is 3.41. The number of benzene rings is 1. The van der Waals surface area contributed by atoms with E-state index in [-0.39, 0.29) is 0 Å². The molecule has 0 unspecified atom stereocenters. The Morgan fingerprint density at radius 2 is 1.94 bits per heavy atom. The Morgan fingerprint density at radius 3 is 2.65 bits per heavy atom. The number of nitrogens with zero attached hydrogens (tertiary/aromatic N) is 1. The van der Waals surface area contributed by atoms with Crippen LogP contribution in [0.5, 0.6) is 0 Å². The minimum absolute atomic E-state index is 0.417. The SMILES string of the molecule is Cc1cc(Cl)c(Nc2cccnc2N)cc1Cl. The van der Waals surface area contributed by atoms with Crippen LogP contribution in [-0.2, 0) is 0 Å². The summed E-state index contributed by atoms with van der Waals surface area (Å²) in [6, 6.07) is 7.19. The van der Waals surface area contributed by atoms with Gasteiger partial charge in [-0.2, -0.15) is 0 Å². The second-order valence-corrected chi connectivity index (χ2v) is 4.46.